The van der Waals surface area contributed by atoms with Crippen LogP contribution in [0.3, 0.4) is 0 Å². The summed E-state index contributed by atoms with van der Waals surface area (Å²) >= 11 is 2.16. The van der Waals surface area contributed by atoms with E-state index in [1.54, 1.807) is 0 Å². The van der Waals surface area contributed by atoms with Crippen molar-refractivity contribution in [3.8, 4) is 11.5 Å². The van der Waals surface area contributed by atoms with E-state index in [2.05, 4.69) is 17.7 Å². The number of hydrogen-bond acceptors (Lipinski definition) is 3. The molecular formula is C14H21LiO3. The van der Waals surface area contributed by atoms with Gasteiger partial charge in [0.25, 0.3) is 0 Å². The van der Waals surface area contributed by atoms with E-state index in [4.69, 9.17) is 14.2 Å². The van der Waals surface area contributed by atoms with E-state index in [0.717, 1.165) is 35.2 Å². The molecule has 0 amide bonds. The van der Waals surface area contributed by atoms with Crippen LogP contribution < -0.4 is 9.47 Å². The normalized spacial score (nSPS) is 10.4. The van der Waals surface area contributed by atoms with Gasteiger partial charge in [-0.15, -0.1) is 0 Å². The van der Waals surface area contributed by atoms with Crippen molar-refractivity contribution in [1.82, 2.24) is 0 Å². The van der Waals surface area contributed by atoms with Crippen molar-refractivity contribution in [2.24, 2.45) is 0 Å². The molecule has 3 nitrogen and oxygen atoms in total. The third kappa shape index (κ3) is 5.35. The molecule has 0 fully saturated rings. The summed E-state index contributed by atoms with van der Waals surface area (Å²) in [4.78, 5) is 0. The molecule has 1 aromatic carbocycles. The summed E-state index contributed by atoms with van der Waals surface area (Å²) in [6, 6.07) is 5.91. The van der Waals surface area contributed by atoms with Crippen LogP contribution in [0.15, 0.2) is 18.2 Å². The maximum absolute atomic E-state index is 5.63. The van der Waals surface area contributed by atoms with E-state index >= 15 is 0 Å². The van der Waals surface area contributed by atoms with Crippen LogP contribution in [-0.4, -0.2) is 37.5 Å². The Kier molecular flexibility index (Phi) is 8.00. The molecule has 0 spiro atoms. The van der Waals surface area contributed by atoms with Gasteiger partial charge in [0.05, 0.1) is 0 Å². The number of ether oxygens (including phenoxy) is 3. The van der Waals surface area contributed by atoms with Crippen molar-refractivity contribution >= 4 is 17.7 Å². The summed E-state index contributed by atoms with van der Waals surface area (Å²) < 4.78 is 16.7. The molecule has 0 radical (unpaired) electrons. The van der Waals surface area contributed by atoms with Crippen molar-refractivity contribution in [3.63, 3.8) is 0 Å². The van der Waals surface area contributed by atoms with Gasteiger partial charge in [0.2, 0.25) is 0 Å². The molecule has 0 saturated heterocycles. The van der Waals surface area contributed by atoms with E-state index in [0.29, 0.717) is 19.8 Å². The van der Waals surface area contributed by atoms with Crippen molar-refractivity contribution in [2.75, 3.05) is 19.8 Å². The molecule has 0 bridgehead atoms. The van der Waals surface area contributed by atoms with Gasteiger partial charge in [-0.1, -0.05) is 0 Å². The summed E-state index contributed by atoms with van der Waals surface area (Å²) in [5.74, 6) is 1.71. The van der Waals surface area contributed by atoms with Crippen LogP contribution in [0.2, 0.25) is 5.09 Å². The summed E-state index contributed by atoms with van der Waals surface area (Å²) in [6.07, 6.45) is 1.10. The van der Waals surface area contributed by atoms with Gasteiger partial charge in [-0.25, -0.2) is 0 Å². The Balaban J connectivity index is 2.63. The molecule has 1 rings (SSSR count). The molecule has 18 heavy (non-hydrogen) atoms. The third-order valence-electron chi connectivity index (χ3n) is 2.55. The predicted molar refractivity (Wildman–Crippen MR) is 73.6 cm³/mol. The van der Waals surface area contributed by atoms with Gasteiger partial charge in [0.15, 0.2) is 0 Å². The Morgan fingerprint density at radius 3 is 2.56 bits per heavy atom. The molecule has 1 aromatic rings. The molecule has 0 unspecified atom stereocenters. The second kappa shape index (κ2) is 9.33. The molecule has 0 aliphatic heterocycles. The molecule has 0 aliphatic carbocycles. The summed E-state index contributed by atoms with van der Waals surface area (Å²) in [6.45, 7) is 6.67. The average Bonchev–Trinajstić information content (AvgIpc) is 2.37. The Morgan fingerprint density at radius 1 is 1.11 bits per heavy atom. The minimum absolute atomic E-state index is 0.599. The zero-order chi connectivity index (χ0) is 13.2. The van der Waals surface area contributed by atoms with Gasteiger partial charge < -0.3 is 0 Å². The van der Waals surface area contributed by atoms with Crippen molar-refractivity contribution in [2.45, 2.75) is 32.0 Å². The zero-order valence-corrected chi connectivity index (χ0v) is 11.7. The Labute approximate surface area is 119 Å². The molecule has 4 heteroatoms. The molecule has 0 atom stereocenters. The summed E-state index contributed by atoms with van der Waals surface area (Å²) in [5, 5.41) is 1.15. The zero-order valence-electron chi connectivity index (χ0n) is 11.7. The first-order valence-electron chi connectivity index (χ1n) is 6.78. The van der Waals surface area contributed by atoms with Crippen LogP contribution in [-0.2, 0) is 11.3 Å². The first-order valence-corrected chi connectivity index (χ1v) is 6.78. The average molecular weight is 244 g/mol. The second-order valence-electron chi connectivity index (χ2n) is 4.04. The van der Waals surface area contributed by atoms with E-state index in [-0.39, 0.29) is 0 Å². The second-order valence-corrected chi connectivity index (χ2v) is 4.04. The number of hydrogen-bond donors (Lipinski definition) is 0. The van der Waals surface area contributed by atoms with Gasteiger partial charge in [0, 0.05) is 0 Å². The van der Waals surface area contributed by atoms with Crippen molar-refractivity contribution < 1.29 is 14.2 Å². The topological polar surface area (TPSA) is 27.7 Å². The summed E-state index contributed by atoms with van der Waals surface area (Å²) in [7, 11) is 0. The molecule has 0 N–H and O–H groups in total. The van der Waals surface area contributed by atoms with Gasteiger partial charge in [-0.3, -0.25) is 0 Å². The molecule has 96 valence electrons. The maximum atomic E-state index is 5.63. The van der Waals surface area contributed by atoms with E-state index in [1.165, 1.54) is 0 Å². The van der Waals surface area contributed by atoms with Crippen molar-refractivity contribution in [1.29, 1.82) is 0 Å². The predicted octanol–water partition coefficient (Wildman–Crippen LogP) is 2.98. The fraction of sp³-hybridized carbons (Fsp3) is 0.571. The van der Waals surface area contributed by atoms with Gasteiger partial charge >= 0.3 is 119 Å². The Morgan fingerprint density at radius 2 is 1.89 bits per heavy atom. The number of benzene rings is 1. The van der Waals surface area contributed by atoms with Crippen LogP contribution in [0.25, 0.3) is 0 Å². The van der Waals surface area contributed by atoms with Gasteiger partial charge in [-0.2, -0.15) is 0 Å². The SMILES string of the molecule is [Li][CH2]CCOCc1ccc(OCC)cc1OCC. The summed E-state index contributed by atoms with van der Waals surface area (Å²) in [5.41, 5.74) is 1.08. The van der Waals surface area contributed by atoms with Crippen LogP contribution >= 0.6 is 0 Å². The van der Waals surface area contributed by atoms with E-state index in [1.807, 2.05) is 32.0 Å². The molecule has 0 aromatic heterocycles. The quantitative estimate of drug-likeness (QED) is 0.493. The Hall–Kier alpha value is -0.623. The van der Waals surface area contributed by atoms with Crippen LogP contribution in [0.5, 0.6) is 11.5 Å². The van der Waals surface area contributed by atoms with Crippen molar-refractivity contribution in [3.05, 3.63) is 23.8 Å². The van der Waals surface area contributed by atoms with E-state index < -0.39 is 0 Å². The standard InChI is InChI=1S/C14H21O3.Li/c1-4-9-15-11-12-7-8-13(16-5-2)10-14(12)17-6-3;/h7-8,10H,1,4-6,9,11H2,2-3H3;. The monoisotopic (exact) mass is 244 g/mol. The molecule has 0 heterocycles. The van der Waals surface area contributed by atoms with Gasteiger partial charge in [-0.05, 0) is 0 Å². The minimum atomic E-state index is 0.599. The Bertz CT molecular complexity index is 342. The first kappa shape index (κ1) is 15.4. The molecule has 0 aliphatic rings. The molecular weight excluding hydrogens is 223 g/mol. The fourth-order valence-electron chi connectivity index (χ4n) is 1.63. The van der Waals surface area contributed by atoms with Crippen LogP contribution in [0.4, 0.5) is 0 Å². The number of rotatable bonds is 9. The van der Waals surface area contributed by atoms with E-state index in [9.17, 15) is 0 Å². The fourth-order valence-corrected chi connectivity index (χ4v) is 1.63. The van der Waals surface area contributed by atoms with Crippen LogP contribution in [0.1, 0.15) is 25.8 Å². The van der Waals surface area contributed by atoms with Gasteiger partial charge in [0.1, 0.15) is 0 Å². The first-order chi connectivity index (χ1) is 8.81. The van der Waals surface area contributed by atoms with Crippen LogP contribution in [0, 0.1) is 0 Å². The third-order valence-corrected chi connectivity index (χ3v) is 2.55. The molecule has 0 saturated carbocycles.